The Morgan fingerprint density at radius 1 is 1.13 bits per heavy atom. The van der Waals surface area contributed by atoms with Crippen LogP contribution in [-0.2, 0) is 19.2 Å². The second-order valence-electron chi connectivity index (χ2n) is 8.86. The van der Waals surface area contributed by atoms with Crippen LogP contribution in [0.1, 0.15) is 60.3 Å². The third kappa shape index (κ3) is 7.46. The standard InChI is InChI=1S/C21H38N4O6/c1-6-12(4)16(22)19(28)24-17(13(5)26)20(29)25-9-7-8-15(25)18(27)23-14(21(30)31)10-11(2)3/h11-17,26H,6-10,22H2,1-5H3,(H,23,27)(H,24,28)(H,30,31)/t12-,13+,14-,15-,16-,17-/m0/s1. The van der Waals surface area contributed by atoms with E-state index in [0.29, 0.717) is 19.3 Å². The van der Waals surface area contributed by atoms with E-state index in [9.17, 15) is 29.4 Å². The quantitative estimate of drug-likeness (QED) is 0.297. The number of carbonyl (C=O) groups excluding carboxylic acids is 3. The van der Waals surface area contributed by atoms with Gasteiger partial charge in [-0.1, -0.05) is 34.1 Å². The maximum absolute atomic E-state index is 13.1. The third-order valence-electron chi connectivity index (χ3n) is 5.77. The number of nitrogens with one attached hydrogen (secondary N) is 2. The van der Waals surface area contributed by atoms with Crippen molar-refractivity contribution in [3.8, 4) is 0 Å². The minimum Gasteiger partial charge on any atom is -0.480 e. The summed E-state index contributed by atoms with van der Waals surface area (Å²) in [6.07, 6.45) is 0.674. The topological polar surface area (TPSA) is 162 Å². The second kappa shape index (κ2) is 12.0. The van der Waals surface area contributed by atoms with Gasteiger partial charge in [-0.05, 0) is 38.0 Å². The first-order chi connectivity index (χ1) is 14.4. The summed E-state index contributed by atoms with van der Waals surface area (Å²) in [4.78, 5) is 51.1. The molecule has 0 aromatic heterocycles. The molecular weight excluding hydrogens is 404 g/mol. The lowest BCUT2D eigenvalue weighted by atomic mass is 9.98. The molecule has 6 N–H and O–H groups in total. The molecule has 3 amide bonds. The zero-order valence-electron chi connectivity index (χ0n) is 19.1. The molecule has 10 heteroatoms. The lowest BCUT2D eigenvalue weighted by Crippen LogP contribution is -2.60. The molecule has 1 saturated heterocycles. The number of hydrogen-bond donors (Lipinski definition) is 5. The van der Waals surface area contributed by atoms with Crippen molar-refractivity contribution in [3.63, 3.8) is 0 Å². The fraction of sp³-hybridized carbons (Fsp3) is 0.810. The number of aliphatic carboxylic acids is 1. The van der Waals surface area contributed by atoms with Gasteiger partial charge in [0.25, 0.3) is 0 Å². The fourth-order valence-corrected chi connectivity index (χ4v) is 3.59. The Morgan fingerprint density at radius 2 is 1.74 bits per heavy atom. The normalized spacial score (nSPS) is 21.2. The van der Waals surface area contributed by atoms with Crippen LogP contribution in [0.4, 0.5) is 0 Å². The molecule has 31 heavy (non-hydrogen) atoms. The first-order valence-corrected chi connectivity index (χ1v) is 11.0. The molecule has 6 atom stereocenters. The number of rotatable bonds is 11. The highest BCUT2D eigenvalue weighted by Crippen LogP contribution is 2.20. The summed E-state index contributed by atoms with van der Waals surface area (Å²) in [5, 5.41) is 24.6. The maximum atomic E-state index is 13.1. The molecule has 0 aromatic rings. The molecule has 1 aliphatic rings. The van der Waals surface area contributed by atoms with Crippen LogP contribution in [0, 0.1) is 11.8 Å². The monoisotopic (exact) mass is 442 g/mol. The number of nitrogens with two attached hydrogens (primary N) is 1. The van der Waals surface area contributed by atoms with Crippen LogP contribution in [0.3, 0.4) is 0 Å². The van der Waals surface area contributed by atoms with Gasteiger partial charge >= 0.3 is 5.97 Å². The number of nitrogens with zero attached hydrogens (tertiary/aromatic N) is 1. The van der Waals surface area contributed by atoms with E-state index in [1.807, 2.05) is 27.7 Å². The van der Waals surface area contributed by atoms with E-state index in [-0.39, 0.29) is 24.8 Å². The van der Waals surface area contributed by atoms with E-state index >= 15 is 0 Å². The third-order valence-corrected chi connectivity index (χ3v) is 5.77. The van der Waals surface area contributed by atoms with Gasteiger partial charge < -0.3 is 31.5 Å². The lowest BCUT2D eigenvalue weighted by Gasteiger charge is -2.31. The summed E-state index contributed by atoms with van der Waals surface area (Å²) >= 11 is 0. The largest absolute Gasteiger partial charge is 0.480 e. The van der Waals surface area contributed by atoms with Gasteiger partial charge in [0, 0.05) is 6.54 Å². The van der Waals surface area contributed by atoms with Gasteiger partial charge in [0.05, 0.1) is 12.1 Å². The lowest BCUT2D eigenvalue weighted by molar-refractivity contribution is -0.146. The highest BCUT2D eigenvalue weighted by atomic mass is 16.4. The predicted molar refractivity (Wildman–Crippen MR) is 115 cm³/mol. The number of likely N-dealkylation sites (tertiary alicyclic amines) is 1. The van der Waals surface area contributed by atoms with Crippen LogP contribution in [0.25, 0.3) is 0 Å². The number of carboxylic acids is 1. The van der Waals surface area contributed by atoms with E-state index in [1.165, 1.54) is 11.8 Å². The first kappa shape index (κ1) is 26.8. The second-order valence-corrected chi connectivity index (χ2v) is 8.86. The predicted octanol–water partition coefficient (Wildman–Crippen LogP) is -0.168. The Hall–Kier alpha value is -2.20. The highest BCUT2D eigenvalue weighted by molar-refractivity contribution is 5.94. The summed E-state index contributed by atoms with van der Waals surface area (Å²) < 4.78 is 0. The van der Waals surface area contributed by atoms with Gasteiger partial charge in [-0.2, -0.15) is 0 Å². The molecule has 1 aliphatic heterocycles. The minimum atomic E-state index is -1.25. The van der Waals surface area contributed by atoms with Crippen molar-refractivity contribution in [2.24, 2.45) is 17.6 Å². The number of amides is 3. The summed E-state index contributed by atoms with van der Waals surface area (Å²) in [7, 11) is 0. The number of aliphatic hydroxyl groups is 1. The Labute approximate surface area is 183 Å². The zero-order valence-corrected chi connectivity index (χ0v) is 19.1. The van der Waals surface area contributed by atoms with Crippen LogP contribution in [0.5, 0.6) is 0 Å². The molecule has 0 spiro atoms. The molecule has 0 aromatic carbocycles. The molecule has 1 rings (SSSR count). The molecule has 0 bridgehead atoms. The number of carboxylic acid groups (broad SMARTS) is 1. The molecule has 1 fully saturated rings. The first-order valence-electron chi connectivity index (χ1n) is 11.0. The van der Waals surface area contributed by atoms with Crippen molar-refractivity contribution in [2.45, 2.75) is 90.6 Å². The van der Waals surface area contributed by atoms with Crippen molar-refractivity contribution in [1.29, 1.82) is 0 Å². The van der Waals surface area contributed by atoms with E-state index in [1.54, 1.807) is 0 Å². The van der Waals surface area contributed by atoms with E-state index in [4.69, 9.17) is 5.73 Å². The molecule has 0 saturated carbocycles. The van der Waals surface area contributed by atoms with Crippen LogP contribution in [0.15, 0.2) is 0 Å². The molecule has 0 aliphatic carbocycles. The van der Waals surface area contributed by atoms with Crippen molar-refractivity contribution >= 4 is 23.7 Å². The smallest absolute Gasteiger partial charge is 0.326 e. The van der Waals surface area contributed by atoms with E-state index < -0.39 is 54.0 Å². The van der Waals surface area contributed by atoms with Gasteiger partial charge in [-0.25, -0.2) is 4.79 Å². The van der Waals surface area contributed by atoms with Crippen molar-refractivity contribution < 1.29 is 29.4 Å². The highest BCUT2D eigenvalue weighted by Gasteiger charge is 2.40. The van der Waals surface area contributed by atoms with Crippen LogP contribution in [-0.4, -0.2) is 75.6 Å². The van der Waals surface area contributed by atoms with Gasteiger partial charge in [-0.15, -0.1) is 0 Å². The van der Waals surface area contributed by atoms with Crippen molar-refractivity contribution in [1.82, 2.24) is 15.5 Å². The molecule has 178 valence electrons. The summed E-state index contributed by atoms with van der Waals surface area (Å²) in [5.41, 5.74) is 5.93. The van der Waals surface area contributed by atoms with Gasteiger partial charge in [-0.3, -0.25) is 14.4 Å². The Morgan fingerprint density at radius 3 is 2.23 bits per heavy atom. The Kier molecular flexibility index (Phi) is 10.4. The Bertz CT molecular complexity index is 654. The number of aliphatic hydroxyl groups excluding tert-OH is 1. The molecule has 0 radical (unpaired) electrons. The maximum Gasteiger partial charge on any atom is 0.326 e. The summed E-state index contributed by atoms with van der Waals surface area (Å²) in [6, 6.07) is -3.99. The molecule has 1 heterocycles. The molecular formula is C21H38N4O6. The average Bonchev–Trinajstić information content (AvgIpc) is 3.18. The van der Waals surface area contributed by atoms with Crippen LogP contribution >= 0.6 is 0 Å². The molecule has 0 unspecified atom stereocenters. The van der Waals surface area contributed by atoms with Crippen molar-refractivity contribution in [3.05, 3.63) is 0 Å². The Balaban J connectivity index is 2.93. The zero-order chi connectivity index (χ0) is 23.9. The SMILES string of the molecule is CC[C@H](C)[C@H](N)C(=O)N[C@H](C(=O)N1CCC[C@H]1C(=O)N[C@@H](CC(C)C)C(=O)O)[C@@H](C)O. The van der Waals surface area contributed by atoms with Gasteiger partial charge in [0.2, 0.25) is 17.7 Å². The van der Waals surface area contributed by atoms with E-state index in [0.717, 1.165) is 0 Å². The minimum absolute atomic E-state index is 0.0623. The summed E-state index contributed by atoms with van der Waals surface area (Å²) in [5.74, 6) is -2.86. The number of carbonyl (C=O) groups is 4. The molecule has 10 nitrogen and oxygen atoms in total. The number of hydrogen-bond acceptors (Lipinski definition) is 6. The van der Waals surface area contributed by atoms with Crippen molar-refractivity contribution in [2.75, 3.05) is 6.54 Å². The van der Waals surface area contributed by atoms with E-state index in [2.05, 4.69) is 10.6 Å². The summed E-state index contributed by atoms with van der Waals surface area (Å²) in [6.45, 7) is 9.08. The van der Waals surface area contributed by atoms with Crippen LogP contribution < -0.4 is 16.4 Å². The van der Waals surface area contributed by atoms with Gasteiger partial charge in [0.1, 0.15) is 18.1 Å². The fourth-order valence-electron chi connectivity index (χ4n) is 3.59. The average molecular weight is 443 g/mol. The van der Waals surface area contributed by atoms with Crippen LogP contribution in [0.2, 0.25) is 0 Å². The van der Waals surface area contributed by atoms with Gasteiger partial charge in [0.15, 0.2) is 0 Å².